The summed E-state index contributed by atoms with van der Waals surface area (Å²) in [6, 6.07) is 2.03. The van der Waals surface area contributed by atoms with E-state index in [0.717, 1.165) is 6.42 Å². The summed E-state index contributed by atoms with van der Waals surface area (Å²) < 4.78 is 4.05. The molecule has 0 aliphatic carbocycles. The second kappa shape index (κ2) is 3.33. The van der Waals surface area contributed by atoms with Crippen LogP contribution in [-0.4, -0.2) is 9.36 Å². The van der Waals surface area contributed by atoms with Crippen molar-refractivity contribution in [3.05, 3.63) is 23.5 Å². The summed E-state index contributed by atoms with van der Waals surface area (Å²) >= 11 is 3.27. The molecule has 0 aliphatic heterocycles. The van der Waals surface area contributed by atoms with Gasteiger partial charge in [0, 0.05) is 12.4 Å². The molecule has 62 valence electrons. The summed E-state index contributed by atoms with van der Waals surface area (Å²) in [7, 11) is 0. The molecule has 0 radical (unpaired) electrons. The summed E-state index contributed by atoms with van der Waals surface area (Å²) in [4.78, 5) is 6.73. The lowest BCUT2D eigenvalue weighted by Crippen LogP contribution is -1.70. The van der Waals surface area contributed by atoms with Gasteiger partial charge in [-0.1, -0.05) is 6.92 Å². The van der Waals surface area contributed by atoms with Crippen LogP contribution in [0.25, 0.3) is 9.75 Å². The van der Waals surface area contributed by atoms with Gasteiger partial charge in [0.15, 0.2) is 0 Å². The molecular weight excluding hydrogens is 188 g/mol. The zero-order chi connectivity index (χ0) is 8.39. The van der Waals surface area contributed by atoms with E-state index in [-0.39, 0.29) is 0 Å². The molecule has 0 saturated heterocycles. The Morgan fingerprint density at radius 1 is 1.42 bits per heavy atom. The van der Waals surface area contributed by atoms with E-state index >= 15 is 0 Å². The van der Waals surface area contributed by atoms with Crippen LogP contribution in [0.2, 0.25) is 0 Å². The van der Waals surface area contributed by atoms with Crippen molar-refractivity contribution in [1.82, 2.24) is 9.36 Å². The average molecular weight is 196 g/mol. The molecule has 2 aromatic heterocycles. The van der Waals surface area contributed by atoms with Crippen LogP contribution in [0.1, 0.15) is 11.9 Å². The molecule has 0 unspecified atom stereocenters. The summed E-state index contributed by atoms with van der Waals surface area (Å²) in [5, 5.41) is 1.19. The molecule has 4 heteroatoms. The minimum Gasteiger partial charge on any atom is -0.249 e. The van der Waals surface area contributed by atoms with Crippen LogP contribution in [0.3, 0.4) is 0 Å². The highest BCUT2D eigenvalue weighted by atomic mass is 32.1. The van der Waals surface area contributed by atoms with E-state index in [1.54, 1.807) is 11.3 Å². The highest BCUT2D eigenvalue weighted by Gasteiger charge is 2.03. The topological polar surface area (TPSA) is 25.8 Å². The van der Waals surface area contributed by atoms with Gasteiger partial charge in [-0.2, -0.15) is 0 Å². The summed E-state index contributed by atoms with van der Waals surface area (Å²) in [5.41, 5.74) is 0. The smallest absolute Gasteiger partial charge is 0.0928 e. The van der Waals surface area contributed by atoms with Crippen LogP contribution in [0, 0.1) is 0 Å². The fourth-order valence-corrected chi connectivity index (χ4v) is 2.44. The normalized spacial score (nSPS) is 10.4. The van der Waals surface area contributed by atoms with Crippen molar-refractivity contribution in [1.29, 1.82) is 0 Å². The minimum atomic E-state index is 1.02. The van der Waals surface area contributed by atoms with E-state index in [1.807, 2.05) is 18.5 Å². The summed E-state index contributed by atoms with van der Waals surface area (Å²) in [6.07, 6.45) is 4.77. The van der Waals surface area contributed by atoms with Crippen LogP contribution in [0.4, 0.5) is 0 Å². The third-order valence-corrected chi connectivity index (χ3v) is 3.62. The molecule has 0 aliphatic rings. The van der Waals surface area contributed by atoms with Crippen molar-refractivity contribution < 1.29 is 0 Å². The third kappa shape index (κ3) is 1.40. The van der Waals surface area contributed by atoms with Crippen LogP contribution in [0.5, 0.6) is 0 Å². The molecule has 2 rings (SSSR count). The van der Waals surface area contributed by atoms with Crippen molar-refractivity contribution in [3.8, 4) is 9.75 Å². The number of rotatable bonds is 2. The maximum atomic E-state index is 4.29. The molecule has 2 nitrogen and oxygen atoms in total. The first-order valence-electron chi connectivity index (χ1n) is 3.76. The molecule has 0 atom stereocenters. The molecule has 2 aromatic rings. The molecule has 0 bridgehead atoms. The molecule has 0 spiro atoms. The van der Waals surface area contributed by atoms with E-state index < -0.39 is 0 Å². The zero-order valence-corrected chi connectivity index (χ0v) is 8.28. The fraction of sp³-hybridized carbons (Fsp3) is 0.250. The van der Waals surface area contributed by atoms with Gasteiger partial charge in [0.05, 0.1) is 14.8 Å². The van der Waals surface area contributed by atoms with Gasteiger partial charge in [-0.05, 0) is 24.0 Å². The lowest BCUT2D eigenvalue weighted by atomic mass is 10.4. The number of aryl methyl sites for hydroxylation is 1. The van der Waals surface area contributed by atoms with E-state index in [4.69, 9.17) is 0 Å². The monoisotopic (exact) mass is 196 g/mol. The average Bonchev–Trinajstić information content (AvgIpc) is 2.75. The number of hydrogen-bond donors (Lipinski definition) is 0. The van der Waals surface area contributed by atoms with Crippen molar-refractivity contribution in [2.45, 2.75) is 13.3 Å². The standard InChI is InChI=1S/C8H8N2S2/c1-2-8-9-5-7(11-8)6-3-4-10-12-6/h3-5H,2H2,1H3. The van der Waals surface area contributed by atoms with Crippen molar-refractivity contribution in [2.75, 3.05) is 0 Å². The summed E-state index contributed by atoms with van der Waals surface area (Å²) in [6.45, 7) is 2.12. The maximum Gasteiger partial charge on any atom is 0.0928 e. The van der Waals surface area contributed by atoms with Crippen molar-refractivity contribution >= 4 is 22.9 Å². The first-order chi connectivity index (χ1) is 5.90. The maximum absolute atomic E-state index is 4.29. The summed E-state index contributed by atoms with van der Waals surface area (Å²) in [5.74, 6) is 0. The van der Waals surface area contributed by atoms with Gasteiger partial charge in [0.2, 0.25) is 0 Å². The van der Waals surface area contributed by atoms with Gasteiger partial charge in [-0.3, -0.25) is 0 Å². The minimum absolute atomic E-state index is 1.02. The van der Waals surface area contributed by atoms with E-state index in [0.29, 0.717) is 0 Å². The Labute approximate surface area is 79.1 Å². The largest absolute Gasteiger partial charge is 0.249 e. The Hall–Kier alpha value is -0.740. The number of nitrogens with zero attached hydrogens (tertiary/aromatic N) is 2. The Bertz CT molecular complexity index is 351. The lowest BCUT2D eigenvalue weighted by molar-refractivity contribution is 1.09. The van der Waals surface area contributed by atoms with E-state index in [2.05, 4.69) is 16.3 Å². The molecule has 0 aromatic carbocycles. The van der Waals surface area contributed by atoms with Gasteiger partial charge in [0.1, 0.15) is 0 Å². The Kier molecular flexibility index (Phi) is 2.19. The lowest BCUT2D eigenvalue weighted by Gasteiger charge is -1.84. The number of aromatic nitrogens is 2. The molecule has 12 heavy (non-hydrogen) atoms. The second-order valence-electron chi connectivity index (χ2n) is 2.35. The van der Waals surface area contributed by atoms with Crippen molar-refractivity contribution in [2.24, 2.45) is 0 Å². The third-order valence-electron chi connectivity index (χ3n) is 1.54. The number of hydrogen-bond acceptors (Lipinski definition) is 4. The van der Waals surface area contributed by atoms with Gasteiger partial charge in [-0.25, -0.2) is 9.36 Å². The number of thiazole rings is 1. The highest BCUT2D eigenvalue weighted by molar-refractivity contribution is 7.19. The quantitative estimate of drug-likeness (QED) is 0.738. The fourth-order valence-electron chi connectivity index (χ4n) is 0.931. The Morgan fingerprint density at radius 2 is 2.33 bits per heavy atom. The van der Waals surface area contributed by atoms with Crippen LogP contribution in [-0.2, 0) is 6.42 Å². The van der Waals surface area contributed by atoms with Gasteiger partial charge in [0.25, 0.3) is 0 Å². The molecular formula is C8H8N2S2. The second-order valence-corrected chi connectivity index (χ2v) is 4.30. The first-order valence-corrected chi connectivity index (χ1v) is 5.35. The Morgan fingerprint density at radius 3 is 2.92 bits per heavy atom. The zero-order valence-electron chi connectivity index (χ0n) is 6.65. The van der Waals surface area contributed by atoms with Crippen LogP contribution < -0.4 is 0 Å². The highest BCUT2D eigenvalue weighted by Crippen LogP contribution is 2.28. The first kappa shape index (κ1) is 7.89. The van der Waals surface area contributed by atoms with Crippen molar-refractivity contribution in [3.63, 3.8) is 0 Å². The molecule has 0 fully saturated rings. The SMILES string of the molecule is CCc1ncc(-c2ccns2)s1. The van der Waals surface area contributed by atoms with Crippen LogP contribution in [0.15, 0.2) is 18.5 Å². The predicted molar refractivity (Wildman–Crippen MR) is 52.6 cm³/mol. The van der Waals surface area contributed by atoms with Gasteiger partial charge >= 0.3 is 0 Å². The van der Waals surface area contributed by atoms with Gasteiger partial charge in [-0.15, -0.1) is 11.3 Å². The molecule has 0 saturated carbocycles. The molecule has 0 N–H and O–H groups in total. The molecule has 0 amide bonds. The van der Waals surface area contributed by atoms with Crippen LogP contribution >= 0.6 is 22.9 Å². The van der Waals surface area contributed by atoms with Gasteiger partial charge < -0.3 is 0 Å². The Balaban J connectivity index is 2.35. The van der Waals surface area contributed by atoms with E-state index in [1.165, 1.54) is 26.3 Å². The van der Waals surface area contributed by atoms with E-state index in [9.17, 15) is 0 Å². The predicted octanol–water partition coefficient (Wildman–Crippen LogP) is 2.83. The molecule has 2 heterocycles.